The molecule has 1 aromatic carbocycles. The van der Waals surface area contributed by atoms with E-state index in [-0.39, 0.29) is 31.5 Å². The predicted octanol–water partition coefficient (Wildman–Crippen LogP) is 1.68. The molecule has 2 heterocycles. The molecule has 3 rings (SSSR count). The molecule has 6 heteroatoms. The number of carbonyl (C=O) groups excluding carboxylic acids is 2. The van der Waals surface area contributed by atoms with Gasteiger partial charge in [-0.3, -0.25) is 9.59 Å². The Hall–Kier alpha value is -2.24. The van der Waals surface area contributed by atoms with Crippen LogP contribution in [0.2, 0.25) is 0 Å². The number of ether oxygens (including phenoxy) is 3. The maximum Gasteiger partial charge on any atom is 0.306 e. The van der Waals surface area contributed by atoms with Crippen molar-refractivity contribution in [3.63, 3.8) is 0 Å². The summed E-state index contributed by atoms with van der Waals surface area (Å²) in [4.78, 5) is 25.0. The fourth-order valence-electron chi connectivity index (χ4n) is 2.90. The lowest BCUT2D eigenvalue weighted by molar-refractivity contribution is -0.143. The number of hydrogen-bond donors (Lipinski definition) is 0. The first-order valence-electron chi connectivity index (χ1n) is 7.41. The largest absolute Gasteiger partial charge is 0.469 e. The van der Waals surface area contributed by atoms with E-state index in [4.69, 9.17) is 9.47 Å². The molecule has 1 aromatic rings. The predicted molar refractivity (Wildman–Crippen MR) is 77.8 cm³/mol. The summed E-state index contributed by atoms with van der Waals surface area (Å²) in [5.74, 6) is 1.51. The van der Waals surface area contributed by atoms with Crippen LogP contribution in [-0.4, -0.2) is 43.8 Å². The summed E-state index contributed by atoms with van der Waals surface area (Å²) in [7, 11) is 1.33. The number of likely N-dealkylation sites (tertiary alicyclic amines) is 1. The van der Waals surface area contributed by atoms with Crippen molar-refractivity contribution in [1.82, 2.24) is 4.90 Å². The number of esters is 1. The first-order chi connectivity index (χ1) is 10.7. The van der Waals surface area contributed by atoms with Crippen molar-refractivity contribution in [3.8, 4) is 11.5 Å². The second-order valence-electron chi connectivity index (χ2n) is 5.51. The third-order valence-corrected chi connectivity index (χ3v) is 4.18. The van der Waals surface area contributed by atoms with E-state index < -0.39 is 0 Å². The minimum atomic E-state index is -0.347. The van der Waals surface area contributed by atoms with Gasteiger partial charge in [-0.1, -0.05) is 6.07 Å². The smallest absolute Gasteiger partial charge is 0.306 e. The Kier molecular flexibility index (Phi) is 4.18. The van der Waals surface area contributed by atoms with Crippen molar-refractivity contribution in [1.29, 1.82) is 0 Å². The van der Waals surface area contributed by atoms with Crippen LogP contribution in [0.1, 0.15) is 30.7 Å². The molecule has 2 aliphatic rings. The highest BCUT2D eigenvalue weighted by atomic mass is 16.7. The Morgan fingerprint density at radius 2 is 2.09 bits per heavy atom. The fourth-order valence-corrected chi connectivity index (χ4v) is 2.90. The van der Waals surface area contributed by atoms with E-state index in [0.717, 1.165) is 30.0 Å². The van der Waals surface area contributed by atoms with Crippen LogP contribution in [-0.2, 0) is 14.3 Å². The number of methoxy groups -OCH3 is 1. The van der Waals surface area contributed by atoms with Gasteiger partial charge in [-0.05, 0) is 24.1 Å². The lowest BCUT2D eigenvalue weighted by atomic mass is 9.98. The molecule has 0 spiro atoms. The van der Waals surface area contributed by atoms with Crippen LogP contribution in [0.3, 0.4) is 0 Å². The third-order valence-electron chi connectivity index (χ3n) is 4.18. The molecule has 0 aliphatic carbocycles. The minimum Gasteiger partial charge on any atom is -0.469 e. The van der Waals surface area contributed by atoms with Crippen LogP contribution in [0.5, 0.6) is 11.5 Å². The van der Waals surface area contributed by atoms with E-state index in [1.807, 2.05) is 23.1 Å². The molecule has 0 radical (unpaired) electrons. The number of nitrogens with zero attached hydrogens (tertiary/aromatic N) is 1. The quantitative estimate of drug-likeness (QED) is 0.792. The van der Waals surface area contributed by atoms with Gasteiger partial charge in [-0.25, -0.2) is 0 Å². The average molecular weight is 305 g/mol. The summed E-state index contributed by atoms with van der Waals surface area (Å²) >= 11 is 0. The van der Waals surface area contributed by atoms with E-state index in [1.54, 1.807) is 0 Å². The Morgan fingerprint density at radius 3 is 2.91 bits per heavy atom. The van der Waals surface area contributed by atoms with Crippen molar-refractivity contribution in [2.75, 3.05) is 27.0 Å². The summed E-state index contributed by atoms with van der Waals surface area (Å²) in [5, 5.41) is 0. The van der Waals surface area contributed by atoms with Crippen LogP contribution in [0.4, 0.5) is 0 Å². The molecule has 0 N–H and O–H groups in total. The number of rotatable bonds is 4. The Labute approximate surface area is 128 Å². The number of benzene rings is 1. The molecular weight excluding hydrogens is 286 g/mol. The molecule has 1 amide bonds. The Bertz CT molecular complexity index is 586. The lowest BCUT2D eigenvalue weighted by Crippen LogP contribution is -2.28. The van der Waals surface area contributed by atoms with Crippen molar-refractivity contribution in [2.24, 2.45) is 0 Å². The van der Waals surface area contributed by atoms with E-state index in [2.05, 4.69) is 4.74 Å². The van der Waals surface area contributed by atoms with Gasteiger partial charge in [0.1, 0.15) is 0 Å². The molecule has 1 saturated heterocycles. The summed E-state index contributed by atoms with van der Waals surface area (Å²) in [5.41, 5.74) is 1.16. The minimum absolute atomic E-state index is 0.00800. The molecule has 1 atom stereocenters. The van der Waals surface area contributed by atoms with Gasteiger partial charge in [-0.2, -0.15) is 0 Å². The summed E-state index contributed by atoms with van der Waals surface area (Å²) in [6.45, 7) is 1.67. The number of hydrogen-bond acceptors (Lipinski definition) is 5. The molecule has 2 aliphatic heterocycles. The summed E-state index contributed by atoms with van der Waals surface area (Å²) in [6.07, 6.45) is 1.27. The van der Waals surface area contributed by atoms with Crippen molar-refractivity contribution >= 4 is 11.9 Å². The van der Waals surface area contributed by atoms with Crippen LogP contribution >= 0.6 is 0 Å². The molecule has 0 bridgehead atoms. The van der Waals surface area contributed by atoms with Crippen molar-refractivity contribution in [3.05, 3.63) is 23.8 Å². The molecule has 0 saturated carbocycles. The second-order valence-corrected chi connectivity index (χ2v) is 5.51. The maximum absolute atomic E-state index is 12.1. The first-order valence-corrected chi connectivity index (χ1v) is 7.41. The number of amides is 1. The Morgan fingerprint density at radius 1 is 1.27 bits per heavy atom. The summed E-state index contributed by atoms with van der Waals surface area (Å²) in [6, 6.07) is 5.94. The van der Waals surface area contributed by atoms with Gasteiger partial charge in [0.05, 0.1) is 13.5 Å². The van der Waals surface area contributed by atoms with Gasteiger partial charge >= 0.3 is 5.97 Å². The van der Waals surface area contributed by atoms with E-state index >= 15 is 0 Å². The van der Waals surface area contributed by atoms with Crippen LogP contribution in [0.25, 0.3) is 0 Å². The van der Waals surface area contributed by atoms with Gasteiger partial charge in [0.25, 0.3) is 0 Å². The van der Waals surface area contributed by atoms with Crippen LogP contribution < -0.4 is 9.47 Å². The maximum atomic E-state index is 12.1. The van der Waals surface area contributed by atoms with E-state index in [1.165, 1.54) is 7.11 Å². The standard InChI is InChI=1S/C16H19NO5/c1-20-16(19)5-4-15(18)17-7-6-12(9-17)11-2-3-13-14(8-11)22-10-21-13/h2-3,8,12H,4-7,9-10H2,1H3. The zero-order chi connectivity index (χ0) is 15.5. The average Bonchev–Trinajstić information content (AvgIpc) is 3.20. The van der Waals surface area contributed by atoms with E-state index in [0.29, 0.717) is 12.5 Å². The normalized spacial score (nSPS) is 19.3. The van der Waals surface area contributed by atoms with Crippen molar-refractivity contribution < 1.29 is 23.8 Å². The molecule has 1 fully saturated rings. The molecule has 0 aromatic heterocycles. The Balaban J connectivity index is 1.58. The number of carbonyl (C=O) groups is 2. The molecule has 1 unspecified atom stereocenters. The van der Waals surface area contributed by atoms with Gasteiger partial charge in [0, 0.05) is 25.4 Å². The monoisotopic (exact) mass is 305 g/mol. The van der Waals surface area contributed by atoms with Gasteiger partial charge in [0.15, 0.2) is 11.5 Å². The topological polar surface area (TPSA) is 65.1 Å². The van der Waals surface area contributed by atoms with Crippen LogP contribution in [0, 0.1) is 0 Å². The second kappa shape index (κ2) is 6.25. The fraction of sp³-hybridized carbons (Fsp3) is 0.500. The summed E-state index contributed by atoms with van der Waals surface area (Å²) < 4.78 is 15.3. The molecule has 22 heavy (non-hydrogen) atoms. The zero-order valence-corrected chi connectivity index (χ0v) is 12.5. The lowest BCUT2D eigenvalue weighted by Gasteiger charge is -2.16. The van der Waals surface area contributed by atoms with E-state index in [9.17, 15) is 9.59 Å². The van der Waals surface area contributed by atoms with Gasteiger partial charge in [0.2, 0.25) is 12.7 Å². The zero-order valence-electron chi connectivity index (χ0n) is 12.5. The highest BCUT2D eigenvalue weighted by Crippen LogP contribution is 2.37. The SMILES string of the molecule is COC(=O)CCC(=O)N1CCC(c2ccc3c(c2)OCO3)C1. The number of fused-ring (bicyclic) bond motifs is 1. The highest BCUT2D eigenvalue weighted by Gasteiger charge is 2.28. The first kappa shape index (κ1) is 14.7. The molecule has 6 nitrogen and oxygen atoms in total. The third kappa shape index (κ3) is 3.00. The van der Waals surface area contributed by atoms with Gasteiger partial charge < -0.3 is 19.1 Å². The highest BCUT2D eigenvalue weighted by molar-refractivity contribution is 5.81. The van der Waals surface area contributed by atoms with Gasteiger partial charge in [-0.15, -0.1) is 0 Å². The van der Waals surface area contributed by atoms with Crippen LogP contribution in [0.15, 0.2) is 18.2 Å². The molecular formula is C16H19NO5. The molecule has 118 valence electrons. The van der Waals surface area contributed by atoms with Crippen molar-refractivity contribution in [2.45, 2.75) is 25.2 Å².